The van der Waals surface area contributed by atoms with E-state index in [0.29, 0.717) is 18.2 Å². The van der Waals surface area contributed by atoms with Gasteiger partial charge in [-0.3, -0.25) is 0 Å². The van der Waals surface area contributed by atoms with E-state index in [1.165, 1.54) is 24.1 Å². The highest BCUT2D eigenvalue weighted by Gasteiger charge is 2.34. The number of rotatable bonds is 3. The lowest BCUT2D eigenvalue weighted by Gasteiger charge is -2.36. The lowest BCUT2D eigenvalue weighted by molar-refractivity contribution is 0.0304. The summed E-state index contributed by atoms with van der Waals surface area (Å²) < 4.78 is 7.08. The average Bonchev–Trinajstić information content (AvgIpc) is 2.76. The molecule has 19 heavy (non-hydrogen) atoms. The van der Waals surface area contributed by atoms with Crippen LogP contribution in [0.3, 0.4) is 0 Å². The lowest BCUT2D eigenvalue weighted by atomic mass is 10.0. The highest BCUT2D eigenvalue weighted by Crippen LogP contribution is 2.35. The van der Waals surface area contributed by atoms with Crippen LogP contribution in [0.4, 0.5) is 5.69 Å². The first-order valence-electron chi connectivity index (χ1n) is 7.04. The number of anilines is 1. The molecule has 2 aliphatic heterocycles. The van der Waals surface area contributed by atoms with Gasteiger partial charge in [-0.25, -0.2) is 0 Å². The van der Waals surface area contributed by atoms with Crippen molar-refractivity contribution in [3.63, 3.8) is 0 Å². The van der Waals surface area contributed by atoms with Crippen molar-refractivity contribution in [3.05, 3.63) is 28.2 Å². The molecule has 3 rings (SSSR count). The van der Waals surface area contributed by atoms with Gasteiger partial charge in [-0.05, 0) is 44.5 Å². The predicted molar refractivity (Wildman–Crippen MR) is 81.7 cm³/mol. The smallest absolute Gasteiger partial charge is 0.0755 e. The summed E-state index contributed by atoms with van der Waals surface area (Å²) in [6, 6.07) is 6.96. The van der Waals surface area contributed by atoms with Crippen LogP contribution < -0.4 is 10.2 Å². The van der Waals surface area contributed by atoms with Crippen molar-refractivity contribution in [2.45, 2.75) is 38.0 Å². The Morgan fingerprint density at radius 2 is 2.00 bits per heavy atom. The van der Waals surface area contributed by atoms with Crippen molar-refractivity contribution in [2.24, 2.45) is 0 Å². The van der Waals surface area contributed by atoms with Crippen molar-refractivity contribution >= 4 is 21.6 Å². The number of nitrogens with one attached hydrogen (secondary N) is 1. The molecule has 3 nitrogen and oxygen atoms in total. The fraction of sp³-hybridized carbons (Fsp3) is 0.600. The zero-order valence-electron chi connectivity index (χ0n) is 11.5. The Balaban J connectivity index is 1.92. The quantitative estimate of drug-likeness (QED) is 0.924. The van der Waals surface area contributed by atoms with Crippen LogP contribution in [0.2, 0.25) is 0 Å². The second kappa shape index (κ2) is 5.43. The molecule has 3 atom stereocenters. The standard InChI is InChI=1S/C15H21BrN2O/c1-10(17-2)14-6-3-11(16)7-15(14)18-8-12-4-5-13(9-18)19-12/h3,6-7,10,12-13,17H,4-5,8-9H2,1-2H3. The van der Waals surface area contributed by atoms with E-state index in [4.69, 9.17) is 4.74 Å². The van der Waals surface area contributed by atoms with E-state index < -0.39 is 0 Å². The maximum atomic E-state index is 5.94. The molecule has 4 heteroatoms. The van der Waals surface area contributed by atoms with E-state index in [1.807, 2.05) is 7.05 Å². The number of hydrogen-bond acceptors (Lipinski definition) is 3. The summed E-state index contributed by atoms with van der Waals surface area (Å²) in [6.45, 7) is 4.26. The minimum absolute atomic E-state index is 0.364. The maximum Gasteiger partial charge on any atom is 0.0755 e. The van der Waals surface area contributed by atoms with E-state index in [1.54, 1.807) is 0 Å². The third kappa shape index (κ3) is 2.67. The molecule has 0 amide bonds. The number of morpholine rings is 1. The Morgan fingerprint density at radius 3 is 2.63 bits per heavy atom. The van der Waals surface area contributed by atoms with Gasteiger partial charge in [-0.1, -0.05) is 22.0 Å². The van der Waals surface area contributed by atoms with Crippen LogP contribution in [0.15, 0.2) is 22.7 Å². The maximum absolute atomic E-state index is 5.94. The minimum atomic E-state index is 0.364. The summed E-state index contributed by atoms with van der Waals surface area (Å²) in [5.41, 5.74) is 2.71. The molecule has 0 radical (unpaired) electrons. The molecule has 2 fully saturated rings. The Morgan fingerprint density at radius 1 is 1.32 bits per heavy atom. The van der Waals surface area contributed by atoms with Crippen molar-refractivity contribution in [3.8, 4) is 0 Å². The van der Waals surface area contributed by atoms with E-state index in [2.05, 4.69) is 51.3 Å². The summed E-state index contributed by atoms with van der Waals surface area (Å²) in [4.78, 5) is 2.50. The fourth-order valence-electron chi connectivity index (χ4n) is 3.12. The van der Waals surface area contributed by atoms with Crippen molar-refractivity contribution in [1.82, 2.24) is 5.32 Å². The molecular formula is C15H21BrN2O. The van der Waals surface area contributed by atoms with Gasteiger partial charge >= 0.3 is 0 Å². The van der Waals surface area contributed by atoms with Gasteiger partial charge in [-0.2, -0.15) is 0 Å². The van der Waals surface area contributed by atoms with Gasteiger partial charge in [0.05, 0.1) is 12.2 Å². The van der Waals surface area contributed by atoms with Crippen LogP contribution >= 0.6 is 15.9 Å². The molecule has 0 saturated carbocycles. The first-order valence-corrected chi connectivity index (χ1v) is 7.84. The molecule has 2 saturated heterocycles. The molecule has 3 unspecified atom stereocenters. The Bertz CT molecular complexity index is 453. The van der Waals surface area contributed by atoms with Crippen LogP contribution in [0.25, 0.3) is 0 Å². The third-order valence-electron chi connectivity index (χ3n) is 4.28. The Labute approximate surface area is 123 Å². The minimum Gasteiger partial charge on any atom is -0.371 e. The molecule has 1 N–H and O–H groups in total. The molecule has 1 aromatic rings. The van der Waals surface area contributed by atoms with Gasteiger partial charge in [0.2, 0.25) is 0 Å². The highest BCUT2D eigenvalue weighted by atomic mass is 79.9. The van der Waals surface area contributed by atoms with E-state index in [9.17, 15) is 0 Å². The lowest BCUT2D eigenvalue weighted by Crippen LogP contribution is -2.43. The molecule has 2 bridgehead atoms. The Kier molecular flexibility index (Phi) is 3.83. The van der Waals surface area contributed by atoms with Gasteiger partial charge in [0.25, 0.3) is 0 Å². The second-order valence-corrected chi connectivity index (χ2v) is 6.49. The summed E-state index contributed by atoms with van der Waals surface area (Å²) in [5, 5.41) is 3.34. The van der Waals surface area contributed by atoms with Crippen LogP contribution in [0, 0.1) is 0 Å². The number of ether oxygens (including phenoxy) is 1. The number of fused-ring (bicyclic) bond motifs is 2. The molecule has 104 valence electrons. The molecule has 0 spiro atoms. The predicted octanol–water partition coefficient (Wildman–Crippen LogP) is 3.10. The first-order chi connectivity index (χ1) is 9.17. The van der Waals surface area contributed by atoms with Crippen LogP contribution in [0.1, 0.15) is 31.4 Å². The molecule has 2 aliphatic rings. The first kappa shape index (κ1) is 13.4. The summed E-state index contributed by atoms with van der Waals surface area (Å²) in [6.07, 6.45) is 3.28. The van der Waals surface area contributed by atoms with Gasteiger partial charge < -0.3 is 15.0 Å². The topological polar surface area (TPSA) is 24.5 Å². The van der Waals surface area contributed by atoms with Crippen molar-refractivity contribution in [2.75, 3.05) is 25.0 Å². The molecule has 1 aromatic carbocycles. The normalized spacial score (nSPS) is 27.6. The highest BCUT2D eigenvalue weighted by molar-refractivity contribution is 9.10. The summed E-state index contributed by atoms with van der Waals surface area (Å²) in [7, 11) is 2.01. The van der Waals surface area contributed by atoms with E-state index in [0.717, 1.165) is 17.6 Å². The zero-order valence-corrected chi connectivity index (χ0v) is 13.1. The molecular weight excluding hydrogens is 304 g/mol. The monoisotopic (exact) mass is 324 g/mol. The number of halogens is 1. The molecule has 0 aliphatic carbocycles. The molecule has 0 aromatic heterocycles. The largest absolute Gasteiger partial charge is 0.371 e. The van der Waals surface area contributed by atoms with Crippen LogP contribution in [-0.2, 0) is 4.74 Å². The average molecular weight is 325 g/mol. The Hall–Kier alpha value is -0.580. The number of nitrogens with zero attached hydrogens (tertiary/aromatic N) is 1. The SMILES string of the molecule is CNC(C)c1ccc(Br)cc1N1CC2CCC(C1)O2. The second-order valence-electron chi connectivity index (χ2n) is 5.58. The van der Waals surface area contributed by atoms with Gasteiger partial charge in [0.1, 0.15) is 0 Å². The van der Waals surface area contributed by atoms with Crippen molar-refractivity contribution in [1.29, 1.82) is 0 Å². The zero-order chi connectivity index (χ0) is 13.4. The van der Waals surface area contributed by atoms with E-state index in [-0.39, 0.29) is 0 Å². The van der Waals surface area contributed by atoms with Gasteiger partial charge in [-0.15, -0.1) is 0 Å². The van der Waals surface area contributed by atoms with Gasteiger partial charge in [0, 0.05) is 29.3 Å². The number of hydrogen-bond donors (Lipinski definition) is 1. The van der Waals surface area contributed by atoms with E-state index >= 15 is 0 Å². The number of benzene rings is 1. The van der Waals surface area contributed by atoms with Gasteiger partial charge in [0.15, 0.2) is 0 Å². The van der Waals surface area contributed by atoms with Crippen LogP contribution in [-0.4, -0.2) is 32.3 Å². The molecule has 2 heterocycles. The third-order valence-corrected chi connectivity index (χ3v) is 4.77. The summed E-state index contributed by atoms with van der Waals surface area (Å²) >= 11 is 3.60. The van der Waals surface area contributed by atoms with Crippen molar-refractivity contribution < 1.29 is 4.74 Å². The fourth-order valence-corrected chi connectivity index (χ4v) is 3.47. The van der Waals surface area contributed by atoms with Crippen LogP contribution in [0.5, 0.6) is 0 Å². The summed E-state index contributed by atoms with van der Waals surface area (Å²) in [5.74, 6) is 0.